The fourth-order valence-corrected chi connectivity index (χ4v) is 2.64. The first-order chi connectivity index (χ1) is 8.06. The van der Waals surface area contributed by atoms with E-state index >= 15 is 0 Å². The fourth-order valence-electron chi connectivity index (χ4n) is 2.37. The van der Waals surface area contributed by atoms with E-state index in [1.54, 1.807) is 0 Å². The zero-order chi connectivity index (χ0) is 12.5. The summed E-state index contributed by atoms with van der Waals surface area (Å²) in [6, 6.07) is 8.56. The van der Waals surface area contributed by atoms with Crippen molar-refractivity contribution in [3.05, 3.63) is 34.3 Å². The number of hydrogen-bond acceptors (Lipinski definition) is 2. The highest BCUT2D eigenvalue weighted by molar-refractivity contribution is 9.10. The average molecular weight is 298 g/mol. The van der Waals surface area contributed by atoms with Crippen molar-refractivity contribution in [1.82, 2.24) is 0 Å². The number of rotatable bonds is 4. The van der Waals surface area contributed by atoms with Crippen LogP contribution in [0.4, 0.5) is 0 Å². The summed E-state index contributed by atoms with van der Waals surface area (Å²) in [5.74, 6) is 0. The van der Waals surface area contributed by atoms with Crippen molar-refractivity contribution in [1.29, 1.82) is 0 Å². The van der Waals surface area contributed by atoms with Crippen molar-refractivity contribution in [2.75, 3.05) is 0 Å². The van der Waals surface area contributed by atoms with Crippen LogP contribution in [0.1, 0.15) is 32.3 Å². The number of benzene rings is 1. The quantitative estimate of drug-likeness (QED) is 0.923. The molecule has 1 aliphatic rings. The monoisotopic (exact) mass is 297 g/mol. The molecule has 0 amide bonds. The Balaban J connectivity index is 1.89. The maximum atomic E-state index is 6.06. The molecule has 0 spiro atoms. The van der Waals surface area contributed by atoms with E-state index in [0.717, 1.165) is 17.3 Å². The summed E-state index contributed by atoms with van der Waals surface area (Å²) in [5, 5.41) is 0. The minimum absolute atomic E-state index is 0.162. The van der Waals surface area contributed by atoms with Gasteiger partial charge in [-0.25, -0.2) is 0 Å². The van der Waals surface area contributed by atoms with Crippen molar-refractivity contribution in [2.45, 2.75) is 45.4 Å². The lowest BCUT2D eigenvalue weighted by Crippen LogP contribution is -2.60. The van der Waals surface area contributed by atoms with Gasteiger partial charge in [0, 0.05) is 15.9 Å². The third kappa shape index (κ3) is 2.56. The highest BCUT2D eigenvalue weighted by Gasteiger charge is 2.49. The van der Waals surface area contributed by atoms with Crippen molar-refractivity contribution < 1.29 is 4.74 Å². The van der Waals surface area contributed by atoms with Crippen LogP contribution in [-0.4, -0.2) is 12.1 Å². The molecular weight excluding hydrogens is 278 g/mol. The molecule has 17 heavy (non-hydrogen) atoms. The molecule has 0 radical (unpaired) electrons. The molecule has 0 aromatic heterocycles. The van der Waals surface area contributed by atoms with E-state index in [1.807, 2.05) is 12.1 Å². The number of nitrogens with two attached hydrogens (primary N) is 1. The Morgan fingerprint density at radius 1 is 1.41 bits per heavy atom. The second-order valence-corrected chi connectivity index (χ2v) is 6.04. The van der Waals surface area contributed by atoms with Gasteiger partial charge in [0.2, 0.25) is 0 Å². The van der Waals surface area contributed by atoms with Crippen LogP contribution in [0.2, 0.25) is 0 Å². The van der Waals surface area contributed by atoms with Crippen molar-refractivity contribution in [2.24, 2.45) is 11.1 Å². The van der Waals surface area contributed by atoms with E-state index in [-0.39, 0.29) is 5.41 Å². The molecule has 0 bridgehead atoms. The lowest BCUT2D eigenvalue weighted by atomic mass is 9.62. The van der Waals surface area contributed by atoms with Crippen LogP contribution >= 0.6 is 15.9 Å². The van der Waals surface area contributed by atoms with Gasteiger partial charge in [-0.05, 0) is 30.5 Å². The molecule has 0 saturated heterocycles. The molecule has 1 saturated carbocycles. The Labute approximate surface area is 112 Å². The van der Waals surface area contributed by atoms with Gasteiger partial charge in [-0.1, -0.05) is 41.9 Å². The summed E-state index contributed by atoms with van der Waals surface area (Å²) < 4.78 is 7.09. The van der Waals surface area contributed by atoms with E-state index in [2.05, 4.69) is 41.9 Å². The Morgan fingerprint density at radius 3 is 2.59 bits per heavy atom. The largest absolute Gasteiger partial charge is 0.373 e. The summed E-state index contributed by atoms with van der Waals surface area (Å²) in [6.07, 6.45) is 2.38. The lowest BCUT2D eigenvalue weighted by molar-refractivity contribution is -0.126. The van der Waals surface area contributed by atoms with Crippen molar-refractivity contribution in [3.63, 3.8) is 0 Å². The number of hydrogen-bond donors (Lipinski definition) is 1. The molecule has 0 heterocycles. The molecule has 3 unspecified atom stereocenters. The normalized spacial score (nSPS) is 32.2. The van der Waals surface area contributed by atoms with Crippen LogP contribution in [0.5, 0.6) is 0 Å². The molecule has 2 rings (SSSR count). The Hall–Kier alpha value is -0.380. The van der Waals surface area contributed by atoms with E-state index in [0.29, 0.717) is 18.8 Å². The Kier molecular flexibility index (Phi) is 3.91. The highest BCUT2D eigenvalue weighted by Crippen LogP contribution is 2.44. The van der Waals surface area contributed by atoms with Gasteiger partial charge in [-0.15, -0.1) is 0 Å². The van der Waals surface area contributed by atoms with Gasteiger partial charge in [0.25, 0.3) is 0 Å². The molecule has 1 aromatic rings. The first kappa shape index (κ1) is 13.1. The van der Waals surface area contributed by atoms with Gasteiger partial charge >= 0.3 is 0 Å². The van der Waals surface area contributed by atoms with Gasteiger partial charge in [-0.2, -0.15) is 0 Å². The maximum Gasteiger partial charge on any atom is 0.0720 e. The smallest absolute Gasteiger partial charge is 0.0720 e. The fraction of sp³-hybridized carbons (Fsp3) is 0.571. The molecule has 3 heteroatoms. The maximum absolute atomic E-state index is 6.06. The predicted molar refractivity (Wildman–Crippen MR) is 73.7 cm³/mol. The van der Waals surface area contributed by atoms with E-state index in [1.165, 1.54) is 5.56 Å². The predicted octanol–water partition coefficient (Wildman–Crippen LogP) is 3.48. The summed E-state index contributed by atoms with van der Waals surface area (Å²) in [5.41, 5.74) is 7.44. The molecule has 1 fully saturated rings. The summed E-state index contributed by atoms with van der Waals surface area (Å²) in [6.45, 7) is 5.10. The first-order valence-corrected chi connectivity index (χ1v) is 6.97. The standard InChI is InChI=1S/C14H20BrNO/c1-3-14(2)12(16)8-13(14)17-9-10-4-6-11(15)7-5-10/h4-7,12-13H,3,8-9,16H2,1-2H3. The third-order valence-electron chi connectivity index (χ3n) is 4.18. The van der Waals surface area contributed by atoms with Gasteiger partial charge < -0.3 is 10.5 Å². The molecule has 2 N–H and O–H groups in total. The van der Waals surface area contributed by atoms with Gasteiger partial charge in [-0.3, -0.25) is 0 Å². The van der Waals surface area contributed by atoms with E-state index < -0.39 is 0 Å². The molecule has 3 atom stereocenters. The van der Waals surface area contributed by atoms with Crippen LogP contribution in [0.15, 0.2) is 28.7 Å². The van der Waals surface area contributed by atoms with Crippen molar-refractivity contribution >= 4 is 15.9 Å². The molecule has 1 aromatic carbocycles. The van der Waals surface area contributed by atoms with Gasteiger partial charge in [0.15, 0.2) is 0 Å². The second kappa shape index (κ2) is 5.09. The zero-order valence-electron chi connectivity index (χ0n) is 10.4. The van der Waals surface area contributed by atoms with Crippen LogP contribution in [-0.2, 0) is 11.3 Å². The Morgan fingerprint density at radius 2 is 2.06 bits per heavy atom. The summed E-state index contributed by atoms with van der Waals surface area (Å²) in [4.78, 5) is 0. The topological polar surface area (TPSA) is 35.2 Å². The molecule has 1 aliphatic carbocycles. The SMILES string of the molecule is CCC1(C)C(N)CC1OCc1ccc(Br)cc1. The zero-order valence-corrected chi connectivity index (χ0v) is 12.0. The molecular formula is C14H20BrNO. The van der Waals surface area contributed by atoms with Crippen LogP contribution in [0, 0.1) is 5.41 Å². The molecule has 0 aliphatic heterocycles. The first-order valence-electron chi connectivity index (χ1n) is 6.18. The lowest BCUT2D eigenvalue weighted by Gasteiger charge is -2.51. The third-order valence-corrected chi connectivity index (χ3v) is 4.71. The summed E-state index contributed by atoms with van der Waals surface area (Å²) >= 11 is 3.43. The van der Waals surface area contributed by atoms with E-state index in [9.17, 15) is 0 Å². The molecule has 94 valence electrons. The number of ether oxygens (including phenoxy) is 1. The minimum atomic E-state index is 0.162. The van der Waals surface area contributed by atoms with Crippen LogP contribution < -0.4 is 5.73 Å². The number of halogens is 1. The van der Waals surface area contributed by atoms with E-state index in [4.69, 9.17) is 10.5 Å². The second-order valence-electron chi connectivity index (χ2n) is 5.13. The minimum Gasteiger partial charge on any atom is -0.373 e. The Bertz CT molecular complexity index is 378. The van der Waals surface area contributed by atoms with Crippen molar-refractivity contribution in [3.8, 4) is 0 Å². The van der Waals surface area contributed by atoms with Crippen LogP contribution in [0.25, 0.3) is 0 Å². The average Bonchev–Trinajstić information content (AvgIpc) is 2.35. The highest BCUT2D eigenvalue weighted by atomic mass is 79.9. The molecule has 2 nitrogen and oxygen atoms in total. The van der Waals surface area contributed by atoms with Gasteiger partial charge in [0.1, 0.15) is 0 Å². The summed E-state index contributed by atoms with van der Waals surface area (Å²) in [7, 11) is 0. The van der Waals surface area contributed by atoms with Crippen LogP contribution in [0.3, 0.4) is 0 Å². The van der Waals surface area contributed by atoms with Gasteiger partial charge in [0.05, 0.1) is 12.7 Å².